The van der Waals surface area contributed by atoms with E-state index in [2.05, 4.69) is 46.5 Å². The average Bonchev–Trinajstić information content (AvgIpc) is 4.13. The number of aliphatic hydroxyl groups excluding tert-OH is 1. The molecule has 3 aliphatic heterocycles. The van der Waals surface area contributed by atoms with Gasteiger partial charge in [-0.05, 0) is 87.5 Å². The van der Waals surface area contributed by atoms with Crippen molar-refractivity contribution in [1.82, 2.24) is 21.3 Å². The van der Waals surface area contributed by atoms with Crippen LogP contribution in [0.5, 0.6) is 0 Å². The molecule has 8 N–H and O–H groups in total. The fourth-order valence-corrected chi connectivity index (χ4v) is 9.28. The van der Waals surface area contributed by atoms with E-state index in [0.717, 1.165) is 44.1 Å². The van der Waals surface area contributed by atoms with Gasteiger partial charge in [0, 0.05) is 43.8 Å². The van der Waals surface area contributed by atoms with E-state index in [1.807, 2.05) is 53.7 Å². The number of hydrogen-bond acceptors (Lipinski definition) is 12. The van der Waals surface area contributed by atoms with Crippen LogP contribution in [0.4, 0.5) is 15.3 Å². The number of urea groups is 1. The molecule has 1 aromatic rings. The predicted molar refractivity (Wildman–Crippen MR) is 282 cm³/mol. The molecule has 10 atom stereocenters. The second kappa shape index (κ2) is 30.8. The molecule has 18 heteroatoms. The van der Waals surface area contributed by atoms with E-state index in [1.165, 1.54) is 0 Å². The Morgan fingerprint density at radius 1 is 0.946 bits per heavy atom. The number of carbonyl (C=O) groups is 7. The first-order chi connectivity index (χ1) is 35.2. The third-order valence-electron chi connectivity index (χ3n) is 13.8. The van der Waals surface area contributed by atoms with Crippen molar-refractivity contribution in [1.29, 1.82) is 0 Å². The SMILES string of the molecule is CCCCCCCC(=O)N[C@H](C(=O)C[C@@H](CCCNC(N)=O)C(=O)Nc1ccc(COC(=O)NCC(=O)C[C@@H]2C[C@@]3(CO3)[C@H](O)[C@@H](/C=C/C(C)=C/C[C@@H]3O[C@H](C)[C@H](NC(=O)/C=C\C(C)C)C[C@@H]3C)O2)cc1)C(C)C. The number of ether oxygens (including phenoxy) is 4. The van der Waals surface area contributed by atoms with Crippen LogP contribution < -0.4 is 32.3 Å². The molecular weight excluding hydrogens is 949 g/mol. The van der Waals surface area contributed by atoms with Gasteiger partial charge in [-0.2, -0.15) is 0 Å². The van der Waals surface area contributed by atoms with Gasteiger partial charge in [0.2, 0.25) is 17.7 Å². The number of ketones is 2. The standard InChI is InChI=1S/C56H86N6O12/c1-9-10-11-12-13-16-49(65)62-51(36(4)5)46(64)29-41(15-14-27-58-54(57)69)53(68)60-42-22-20-40(21-23-42)33-71-55(70)59-32-43(63)30-44-31-56(34-72-56)52(67)48(74-44)25-19-37(6)18-24-47-38(7)28-45(39(8)73-47)61-50(66)26-17-35(2)3/h17-23,25-26,35-36,38-39,41,44-45,47-48,51-52,67H,9-16,24,27-34H2,1-8H3,(H,59,70)(H,60,68)(H,61,66)(H,62,65)(H3,57,58,69)/b25-19+,26-17-,37-18+/t38-,39+,41+,44+,45+,47-,48+,51-,52+,56+/m0/s1. The number of benzene rings is 1. The molecule has 0 unspecified atom stereocenters. The Morgan fingerprint density at radius 2 is 1.66 bits per heavy atom. The number of unbranched alkanes of at least 4 members (excludes halogenated alkanes) is 4. The van der Waals surface area contributed by atoms with Gasteiger partial charge in [0.25, 0.3) is 0 Å². The Kier molecular flexibility index (Phi) is 25.5. The lowest BCUT2D eigenvalue weighted by atomic mass is 9.87. The van der Waals surface area contributed by atoms with Crippen molar-refractivity contribution >= 4 is 47.1 Å². The van der Waals surface area contributed by atoms with Gasteiger partial charge in [0.05, 0.1) is 43.5 Å². The highest BCUT2D eigenvalue weighted by atomic mass is 16.6. The summed E-state index contributed by atoms with van der Waals surface area (Å²) in [5, 5.41) is 25.0. The van der Waals surface area contributed by atoms with E-state index in [4.69, 9.17) is 24.7 Å². The molecule has 3 saturated heterocycles. The molecule has 3 fully saturated rings. The van der Waals surface area contributed by atoms with Crippen molar-refractivity contribution in [3.8, 4) is 0 Å². The lowest BCUT2D eigenvalue weighted by molar-refractivity contribution is -0.143. The van der Waals surface area contributed by atoms with Gasteiger partial charge in [-0.25, -0.2) is 9.59 Å². The van der Waals surface area contributed by atoms with Crippen LogP contribution in [0.15, 0.2) is 60.2 Å². The number of epoxide rings is 1. The first-order valence-electron chi connectivity index (χ1n) is 26.8. The number of primary amides is 1. The smallest absolute Gasteiger partial charge is 0.407 e. The quantitative estimate of drug-likeness (QED) is 0.0177. The lowest BCUT2D eigenvalue weighted by Crippen LogP contribution is -2.50. The number of aliphatic hydroxyl groups is 1. The summed E-state index contributed by atoms with van der Waals surface area (Å²) >= 11 is 0. The topological polar surface area (TPSA) is 266 Å². The highest BCUT2D eigenvalue weighted by molar-refractivity contribution is 5.97. The zero-order chi connectivity index (χ0) is 54.4. The number of rotatable bonds is 30. The minimum absolute atomic E-state index is 0.0115. The van der Waals surface area contributed by atoms with Crippen LogP contribution in [-0.4, -0.2) is 114 Å². The summed E-state index contributed by atoms with van der Waals surface area (Å²) in [5.41, 5.74) is 6.43. The Balaban J connectivity index is 1.22. The molecular formula is C56H86N6O12. The van der Waals surface area contributed by atoms with Crippen LogP contribution in [-0.2, 0) is 49.5 Å². The number of Topliss-reactive ketones (excluding diaryl/α,β-unsaturated/α-hetero) is 2. The van der Waals surface area contributed by atoms with Crippen LogP contribution >= 0.6 is 0 Å². The number of carbonyl (C=O) groups excluding carboxylic acids is 7. The van der Waals surface area contributed by atoms with E-state index in [9.17, 15) is 38.7 Å². The lowest BCUT2D eigenvalue weighted by Gasteiger charge is -2.39. The van der Waals surface area contributed by atoms with Gasteiger partial charge in [0.1, 0.15) is 24.4 Å². The van der Waals surface area contributed by atoms with Crippen LogP contribution in [0.3, 0.4) is 0 Å². The first-order valence-corrected chi connectivity index (χ1v) is 26.8. The Bertz CT molecular complexity index is 2100. The third kappa shape index (κ3) is 21.4. The molecule has 6 amide bonds. The number of nitrogens with one attached hydrogen (secondary N) is 5. The molecule has 1 spiro atoms. The second-order valence-electron chi connectivity index (χ2n) is 21.2. The number of allylic oxidation sites excluding steroid dienone is 3. The van der Waals surface area contributed by atoms with Gasteiger partial charge in [-0.3, -0.25) is 24.0 Å². The zero-order valence-electron chi connectivity index (χ0n) is 45.1. The van der Waals surface area contributed by atoms with Crippen LogP contribution in [0, 0.1) is 23.7 Å². The maximum absolute atomic E-state index is 13.6. The number of hydrogen-bond donors (Lipinski definition) is 7. The van der Waals surface area contributed by atoms with Gasteiger partial charge >= 0.3 is 12.1 Å². The largest absolute Gasteiger partial charge is 0.445 e. The van der Waals surface area contributed by atoms with E-state index in [1.54, 1.807) is 36.4 Å². The maximum atomic E-state index is 13.6. The minimum atomic E-state index is -0.920. The fourth-order valence-electron chi connectivity index (χ4n) is 9.28. The van der Waals surface area contributed by atoms with Crippen molar-refractivity contribution in [3.63, 3.8) is 0 Å². The Labute approximate surface area is 438 Å². The van der Waals surface area contributed by atoms with Crippen molar-refractivity contribution in [2.45, 2.75) is 194 Å². The molecule has 3 aliphatic rings. The number of nitrogens with two attached hydrogens (primary N) is 1. The number of anilines is 1. The molecule has 0 bridgehead atoms. The molecule has 3 heterocycles. The minimum Gasteiger partial charge on any atom is -0.445 e. The van der Waals surface area contributed by atoms with Crippen LogP contribution in [0.25, 0.3) is 0 Å². The summed E-state index contributed by atoms with van der Waals surface area (Å²) in [6.45, 7) is 16.1. The van der Waals surface area contributed by atoms with Crippen molar-refractivity contribution in [2.24, 2.45) is 29.4 Å². The van der Waals surface area contributed by atoms with E-state index < -0.39 is 53.9 Å². The predicted octanol–water partition coefficient (Wildman–Crippen LogP) is 7.03. The van der Waals surface area contributed by atoms with Gasteiger partial charge in [-0.1, -0.05) is 109 Å². The molecule has 1 aromatic carbocycles. The number of amides is 6. The van der Waals surface area contributed by atoms with Crippen molar-refractivity contribution < 1.29 is 57.6 Å². The molecule has 0 aromatic heterocycles. The fraction of sp³-hybridized carbons (Fsp3) is 0.661. The molecule has 0 radical (unpaired) electrons. The second-order valence-corrected chi connectivity index (χ2v) is 21.2. The summed E-state index contributed by atoms with van der Waals surface area (Å²) in [5.74, 6) is -1.69. The van der Waals surface area contributed by atoms with E-state index in [-0.39, 0.29) is 98.3 Å². The summed E-state index contributed by atoms with van der Waals surface area (Å²) in [6, 6.07) is 5.10. The molecule has 18 nitrogen and oxygen atoms in total. The van der Waals surface area contributed by atoms with Gasteiger partial charge in [-0.15, -0.1) is 0 Å². The van der Waals surface area contributed by atoms with E-state index in [0.29, 0.717) is 43.5 Å². The van der Waals surface area contributed by atoms with E-state index >= 15 is 0 Å². The first kappa shape index (κ1) is 61.1. The molecule has 4 rings (SSSR count). The number of alkyl carbamates (subject to hydrolysis) is 1. The maximum Gasteiger partial charge on any atom is 0.407 e. The summed E-state index contributed by atoms with van der Waals surface area (Å²) in [7, 11) is 0. The molecule has 74 heavy (non-hydrogen) atoms. The van der Waals surface area contributed by atoms with Crippen molar-refractivity contribution in [3.05, 3.63) is 65.8 Å². The van der Waals surface area contributed by atoms with Crippen LogP contribution in [0.2, 0.25) is 0 Å². The monoisotopic (exact) mass is 1030 g/mol. The van der Waals surface area contributed by atoms with Gasteiger partial charge in [0.15, 0.2) is 11.6 Å². The summed E-state index contributed by atoms with van der Waals surface area (Å²) < 4.78 is 23.6. The van der Waals surface area contributed by atoms with Crippen LogP contribution in [0.1, 0.15) is 144 Å². The van der Waals surface area contributed by atoms with Crippen molar-refractivity contribution in [2.75, 3.05) is 25.0 Å². The Hall–Kier alpha value is -5.43. The third-order valence-corrected chi connectivity index (χ3v) is 13.8. The molecule has 0 saturated carbocycles. The zero-order valence-corrected chi connectivity index (χ0v) is 45.1. The summed E-state index contributed by atoms with van der Waals surface area (Å²) in [6.07, 6.45) is 13.7. The Morgan fingerprint density at radius 3 is 2.32 bits per heavy atom. The molecule has 0 aliphatic carbocycles. The molecule has 412 valence electrons. The normalized spacial score (nSPS) is 24.6. The highest BCUT2D eigenvalue weighted by Crippen LogP contribution is 2.43. The highest BCUT2D eigenvalue weighted by Gasteiger charge is 2.58. The van der Waals surface area contributed by atoms with Gasteiger partial charge < -0.3 is 56.4 Å². The summed E-state index contributed by atoms with van der Waals surface area (Å²) in [4.78, 5) is 89.4. The average molecular weight is 1040 g/mol.